The van der Waals surface area contributed by atoms with Crippen LogP contribution in [0.1, 0.15) is 167 Å². The molecule has 0 aromatic heterocycles. The Kier molecular flexibility index (Phi) is 44.6. The molecule has 2 saturated heterocycles. The van der Waals surface area contributed by atoms with Gasteiger partial charge < -0.3 is 92.6 Å². The lowest BCUT2D eigenvalue weighted by atomic mass is 9.44. The lowest BCUT2D eigenvalue weighted by Crippen LogP contribution is -2.60. The molecule has 0 spiro atoms. The van der Waals surface area contributed by atoms with E-state index in [0.29, 0.717) is 181 Å². The summed E-state index contributed by atoms with van der Waals surface area (Å²) in [7, 11) is 1.09. The number of halogens is 8. The minimum Gasteiger partial charge on any atom is -0.462 e. The second kappa shape index (κ2) is 53.4. The van der Waals surface area contributed by atoms with Crippen molar-refractivity contribution in [1.82, 2.24) is 25.3 Å². The van der Waals surface area contributed by atoms with Crippen LogP contribution in [0.3, 0.4) is 0 Å². The van der Waals surface area contributed by atoms with E-state index in [1.807, 2.05) is 0 Å². The summed E-state index contributed by atoms with van der Waals surface area (Å²) in [5, 5.41) is 5.81. The molecule has 4 aliphatic carbocycles. The van der Waals surface area contributed by atoms with Crippen molar-refractivity contribution < 1.29 is 121 Å². The fourth-order valence-electron chi connectivity index (χ4n) is 19.1. The molecule has 2 aromatic rings. The van der Waals surface area contributed by atoms with Gasteiger partial charge in [0.05, 0.1) is 192 Å². The number of ether oxygens (including phenoxy) is 13. The van der Waals surface area contributed by atoms with Crippen LogP contribution in [0.15, 0.2) is 36.4 Å². The molecule has 11 atom stereocenters. The number of benzene rings is 2. The molecule has 6 fully saturated rings. The number of nitrogens with two attached hydrogens (primary N) is 1. The van der Waals surface area contributed by atoms with Crippen molar-refractivity contribution in [3.05, 3.63) is 63.1 Å². The fourth-order valence-corrected chi connectivity index (χ4v) is 19.5. The Morgan fingerprint density at radius 1 is 0.548 bits per heavy atom. The van der Waals surface area contributed by atoms with E-state index in [-0.39, 0.29) is 137 Å². The first-order valence-corrected chi connectivity index (χ1v) is 45.4. The van der Waals surface area contributed by atoms with Crippen LogP contribution in [-0.4, -0.2) is 279 Å². The first kappa shape index (κ1) is 104. The number of piperazine rings is 1. The van der Waals surface area contributed by atoms with Crippen LogP contribution >= 0.6 is 23.2 Å². The number of anilines is 1. The molecule has 6 aliphatic rings. The van der Waals surface area contributed by atoms with E-state index in [4.69, 9.17) is 90.5 Å². The first-order chi connectivity index (χ1) is 59.4. The van der Waals surface area contributed by atoms with Crippen molar-refractivity contribution in [2.75, 3.05) is 210 Å². The molecule has 4 N–H and O–H groups in total. The average Bonchev–Trinajstić information content (AvgIpc) is 1.45. The number of urea groups is 1. The Hall–Kier alpha value is -5.79. The molecule has 0 unspecified atom stereocenters. The average molecular weight is 1810 g/mol. The zero-order chi connectivity index (χ0) is 89.7. The largest absolute Gasteiger partial charge is 0.462 e. The van der Waals surface area contributed by atoms with Gasteiger partial charge in [-0.1, -0.05) is 83.1 Å². The highest BCUT2D eigenvalue weighted by Crippen LogP contribution is 2.68. The Morgan fingerprint density at radius 3 is 1.56 bits per heavy atom. The van der Waals surface area contributed by atoms with E-state index < -0.39 is 71.0 Å². The number of primary amides is 1. The SMILES string of the molecule is CC(C)CCC[C@@H](C)[C@H]1CC[C@H]2[C@@H]3CC[C@H]4C[C@@H](OC(=O)C[C@H](NC(=O)CCOCCOCCOCCOCCOCCOCCOCCOCCOCCOCCOCCOCCNC(=O)CCC(=O)N5CCC(C(=O)N6CCN(C(=O)N(C)c7cc(C(F)(F)F)cc(C(F)(F)F)c7)[C@H](Cc7ccc(Cl)c(Cl)c7)C6)CC5)C(N)=O)CC[C@]4(C)[C@H]3CC[C@]12C. The van der Waals surface area contributed by atoms with Gasteiger partial charge in [0.2, 0.25) is 29.5 Å². The smallest absolute Gasteiger partial charge is 0.416 e. The van der Waals surface area contributed by atoms with E-state index in [0.717, 1.165) is 66.7 Å². The van der Waals surface area contributed by atoms with Crippen molar-refractivity contribution >= 4 is 70.4 Å². The maximum absolute atomic E-state index is 14.0. The predicted octanol–water partition coefficient (Wildman–Crippen LogP) is 12.5. The van der Waals surface area contributed by atoms with Crippen LogP contribution in [0.5, 0.6) is 0 Å². The maximum atomic E-state index is 14.0. The van der Waals surface area contributed by atoms with Gasteiger partial charge in [-0.15, -0.1) is 0 Å². The monoisotopic (exact) mass is 1810 g/mol. The third kappa shape index (κ3) is 33.9. The second-order valence-electron chi connectivity index (χ2n) is 34.6. The topological polar surface area (TPSA) is 303 Å². The minimum atomic E-state index is -5.13. The number of esters is 1. The Morgan fingerprint density at radius 2 is 1.06 bits per heavy atom. The van der Waals surface area contributed by atoms with Crippen LogP contribution in [0.25, 0.3) is 0 Å². The van der Waals surface area contributed by atoms with Crippen molar-refractivity contribution in [3.8, 4) is 0 Å². The van der Waals surface area contributed by atoms with Crippen LogP contribution in [0, 0.1) is 58.2 Å². The third-order valence-electron chi connectivity index (χ3n) is 25.8. The van der Waals surface area contributed by atoms with Crippen LogP contribution in [0.4, 0.5) is 36.8 Å². The van der Waals surface area contributed by atoms with Crippen LogP contribution < -0.4 is 21.3 Å². The molecule has 8 rings (SSSR count). The van der Waals surface area contributed by atoms with E-state index in [1.165, 1.54) is 62.7 Å². The number of fused-ring (bicyclic) bond motifs is 5. The Balaban J connectivity index is 0.516. The number of hydrogen-bond donors (Lipinski definition) is 3. The summed E-state index contributed by atoms with van der Waals surface area (Å²) in [5.74, 6) is 2.24. The summed E-state index contributed by atoms with van der Waals surface area (Å²) in [6.07, 6.45) is 4.53. The molecular formula is C89H137Cl2F6N7O20. The zero-order valence-corrected chi connectivity index (χ0v) is 75.0. The van der Waals surface area contributed by atoms with E-state index >= 15 is 0 Å². The lowest BCUT2D eigenvalue weighted by molar-refractivity contribution is -0.164. The fraction of sp³-hybridized carbons (Fsp3) is 0.787. The van der Waals surface area contributed by atoms with Gasteiger partial charge in [0, 0.05) is 77.2 Å². The number of carbonyl (C=O) groups excluding carboxylic acids is 7. The van der Waals surface area contributed by atoms with Gasteiger partial charge in [0.25, 0.3) is 0 Å². The summed E-state index contributed by atoms with van der Waals surface area (Å²) in [5.41, 5.74) is 3.20. The lowest BCUT2D eigenvalue weighted by Gasteiger charge is -2.61. The van der Waals surface area contributed by atoms with Gasteiger partial charge in [0.15, 0.2) is 0 Å². The Bertz CT molecular complexity index is 3540. The van der Waals surface area contributed by atoms with Gasteiger partial charge in [-0.25, -0.2) is 4.79 Å². The van der Waals surface area contributed by atoms with Crippen molar-refractivity contribution in [1.29, 1.82) is 0 Å². The number of hydrogen-bond acceptors (Lipinski definition) is 20. The highest BCUT2D eigenvalue weighted by Gasteiger charge is 2.61. The summed E-state index contributed by atoms with van der Waals surface area (Å²) in [4.78, 5) is 97.4. The summed E-state index contributed by atoms with van der Waals surface area (Å²) in [6.45, 7) is 21.8. The number of likely N-dealkylation sites (tertiary alicyclic amines) is 1. The van der Waals surface area contributed by atoms with Gasteiger partial charge >= 0.3 is 24.4 Å². The number of rotatable bonds is 56. The Labute approximate surface area is 737 Å². The predicted molar refractivity (Wildman–Crippen MR) is 452 cm³/mol. The molecule has 2 aliphatic heterocycles. The van der Waals surface area contributed by atoms with Crippen molar-refractivity contribution in [3.63, 3.8) is 0 Å². The standard InChI is InChI=1S/C89H137Cl2F6N7O20/c1-62(2)8-7-9-63(3)73-13-14-74-72-12-11-66-59-71(18-23-86(66,4)75(72)19-24-87(73,74)5)124-82(108)60-78(83(98)109)100-80(106)22-30-112-32-34-114-36-38-116-40-42-118-44-46-120-48-50-122-52-53-123-51-49-121-47-45-119-43-41-117-39-37-115-35-33-113-31-25-99-79(105)16-17-81(107)102-26-20-65(21-27-102)84(110)103-28-29-104(70(61-103)54-64-10-15-76(90)77(91)55-64)85(111)101(6)69-57-67(88(92,93)94)56-68(58-69)89(95,96)97/h10,15,55-58,62-63,65-66,70-75,78H,7-9,11-14,16-54,59-61H2,1-6H3,(H2,98,109)(H,99,105)(H,100,106)/t63-,66+,70-,71+,72+,73-,74+,75+,78+,86+,87-/m1/s1. The number of nitrogens with one attached hydrogen (secondary N) is 2. The molecule has 4 saturated carbocycles. The number of nitrogens with zero attached hydrogens (tertiary/aromatic N) is 4. The van der Waals surface area contributed by atoms with E-state index in [1.54, 1.807) is 28.0 Å². The van der Waals surface area contributed by atoms with Gasteiger partial charge in [-0.05, 0) is 165 Å². The molecule has 2 heterocycles. The van der Waals surface area contributed by atoms with E-state index in [9.17, 15) is 59.9 Å². The molecular weight excluding hydrogens is 1670 g/mol. The summed E-state index contributed by atoms with van der Waals surface area (Å²) in [6, 6.07) is 2.90. The number of carbonyl (C=O) groups is 7. The molecule has 2 aromatic carbocycles. The summed E-state index contributed by atoms with van der Waals surface area (Å²) >= 11 is 12.4. The molecule has 27 nitrogen and oxygen atoms in total. The van der Waals surface area contributed by atoms with Gasteiger partial charge in [0.1, 0.15) is 12.1 Å². The van der Waals surface area contributed by atoms with Crippen LogP contribution in [-0.2, 0) is 109 Å². The normalized spacial score (nSPS) is 22.9. The number of amides is 7. The molecule has 0 bridgehead atoms. The number of piperidine rings is 1. The molecule has 0 radical (unpaired) electrons. The van der Waals surface area contributed by atoms with Gasteiger partial charge in [-0.3, -0.25) is 33.7 Å². The maximum Gasteiger partial charge on any atom is 0.416 e. The molecule has 124 heavy (non-hydrogen) atoms. The zero-order valence-electron chi connectivity index (χ0n) is 73.5. The third-order valence-corrected chi connectivity index (χ3v) is 26.5. The van der Waals surface area contributed by atoms with E-state index in [2.05, 4.69) is 45.3 Å². The molecule has 7 amide bonds. The first-order valence-electron chi connectivity index (χ1n) is 44.7. The van der Waals surface area contributed by atoms with Crippen LogP contribution in [0.2, 0.25) is 10.0 Å². The van der Waals surface area contributed by atoms with Crippen molar-refractivity contribution in [2.45, 2.75) is 187 Å². The highest BCUT2D eigenvalue weighted by atomic mass is 35.5. The quantitative estimate of drug-likeness (QED) is 0.0315. The highest BCUT2D eigenvalue weighted by molar-refractivity contribution is 6.42. The van der Waals surface area contributed by atoms with Gasteiger partial charge in [-0.2, -0.15) is 26.3 Å². The molecule has 704 valence electrons. The summed E-state index contributed by atoms with van der Waals surface area (Å²) < 4.78 is 155. The molecule has 35 heteroatoms. The second-order valence-corrected chi connectivity index (χ2v) is 35.4. The van der Waals surface area contributed by atoms with Crippen molar-refractivity contribution in [2.24, 2.45) is 63.9 Å². The number of alkyl halides is 6. The minimum absolute atomic E-state index is 0.0109.